The minimum atomic E-state index is -2.89. The van der Waals surface area contributed by atoms with Crippen LogP contribution in [0.3, 0.4) is 0 Å². The van der Waals surface area contributed by atoms with E-state index in [0.29, 0.717) is 53.5 Å². The maximum absolute atomic E-state index is 13.4. The monoisotopic (exact) mass is 573 g/mol. The highest BCUT2D eigenvalue weighted by Gasteiger charge is 2.32. The molecule has 0 unspecified atom stereocenters. The molecule has 2 amide bonds. The molecule has 1 N–H and O–H groups in total. The standard InChI is InChI=1S/C28H25F2N9O3/c1-17(40)31-19-10-11-23-22(16-19)33-26(42-23)20-8-5-9-21(32-20)27(41)38-14-12-37(13-15-38)24(18-6-3-2-4-7-18)25-34-36-39(35-25)28(29)30/h2-11,16,24,28H,12-15H2,1H3,(H,31,40)/t24-/m0/s1. The SMILES string of the molecule is CC(=O)Nc1ccc2oc(-c3cccc(C(=O)N4CCN([C@@H](c5ccccc5)c5nnn(C(F)F)n5)CC4)n3)nc2c1. The van der Waals surface area contributed by atoms with Crippen molar-refractivity contribution in [3.8, 4) is 11.6 Å². The molecule has 1 fully saturated rings. The fourth-order valence-corrected chi connectivity index (χ4v) is 4.92. The van der Waals surface area contributed by atoms with E-state index in [1.807, 2.05) is 35.2 Å². The zero-order valence-electron chi connectivity index (χ0n) is 22.4. The Hall–Kier alpha value is -5.11. The van der Waals surface area contributed by atoms with Gasteiger partial charge in [-0.1, -0.05) is 41.2 Å². The summed E-state index contributed by atoms with van der Waals surface area (Å²) >= 11 is 0. The molecule has 1 saturated heterocycles. The van der Waals surface area contributed by atoms with Crippen LogP contribution in [0.5, 0.6) is 0 Å². The Balaban J connectivity index is 1.18. The number of alkyl halides is 2. The summed E-state index contributed by atoms with van der Waals surface area (Å²) in [5.74, 6) is -0.0326. The Bertz CT molecular complexity index is 1730. The Labute approximate surface area is 238 Å². The van der Waals surface area contributed by atoms with Crippen molar-refractivity contribution in [3.63, 3.8) is 0 Å². The van der Waals surface area contributed by atoms with Crippen molar-refractivity contribution < 1.29 is 22.8 Å². The van der Waals surface area contributed by atoms with E-state index in [9.17, 15) is 18.4 Å². The van der Waals surface area contributed by atoms with Crippen LogP contribution in [0.4, 0.5) is 14.5 Å². The third-order valence-electron chi connectivity index (χ3n) is 6.84. The summed E-state index contributed by atoms with van der Waals surface area (Å²) in [6.07, 6.45) is 0. The normalized spacial score (nSPS) is 14.8. The quantitative estimate of drug-likeness (QED) is 0.309. The molecule has 4 heterocycles. The van der Waals surface area contributed by atoms with Crippen molar-refractivity contribution in [2.75, 3.05) is 31.5 Å². The van der Waals surface area contributed by atoms with Crippen LogP contribution in [0.15, 0.2) is 71.1 Å². The highest BCUT2D eigenvalue weighted by atomic mass is 19.3. The lowest BCUT2D eigenvalue weighted by molar-refractivity contribution is -0.114. The lowest BCUT2D eigenvalue weighted by atomic mass is 10.0. The van der Waals surface area contributed by atoms with E-state index < -0.39 is 12.6 Å². The first kappa shape index (κ1) is 27.1. The van der Waals surface area contributed by atoms with Crippen molar-refractivity contribution in [1.29, 1.82) is 0 Å². The number of halogens is 2. The van der Waals surface area contributed by atoms with Crippen molar-refractivity contribution >= 4 is 28.6 Å². The van der Waals surface area contributed by atoms with Crippen LogP contribution in [0.2, 0.25) is 0 Å². The lowest BCUT2D eigenvalue weighted by Crippen LogP contribution is -2.50. The van der Waals surface area contributed by atoms with Crippen molar-refractivity contribution in [3.05, 3.63) is 83.8 Å². The van der Waals surface area contributed by atoms with E-state index in [1.54, 1.807) is 41.3 Å². The zero-order chi connectivity index (χ0) is 29.2. The Morgan fingerprint density at radius 3 is 2.45 bits per heavy atom. The fraction of sp³-hybridized carbons (Fsp3) is 0.250. The summed E-state index contributed by atoms with van der Waals surface area (Å²) in [7, 11) is 0. The van der Waals surface area contributed by atoms with Gasteiger partial charge in [0, 0.05) is 38.8 Å². The van der Waals surface area contributed by atoms with E-state index >= 15 is 0 Å². The number of amides is 2. The van der Waals surface area contributed by atoms with Gasteiger partial charge in [-0.15, -0.1) is 10.2 Å². The number of piperazine rings is 1. The molecule has 1 atom stereocenters. The van der Waals surface area contributed by atoms with Gasteiger partial charge in [-0.05, 0) is 41.1 Å². The molecule has 1 aliphatic rings. The van der Waals surface area contributed by atoms with E-state index in [1.165, 1.54) is 6.92 Å². The Morgan fingerprint density at radius 1 is 0.952 bits per heavy atom. The maximum Gasteiger partial charge on any atom is 0.350 e. The number of hydrogen-bond donors (Lipinski definition) is 1. The number of nitrogens with zero attached hydrogens (tertiary/aromatic N) is 8. The largest absolute Gasteiger partial charge is 0.435 e. The van der Waals surface area contributed by atoms with Gasteiger partial charge < -0.3 is 14.6 Å². The van der Waals surface area contributed by atoms with Crippen molar-refractivity contribution in [2.45, 2.75) is 19.5 Å². The molecule has 42 heavy (non-hydrogen) atoms. The van der Waals surface area contributed by atoms with Crippen LogP contribution in [0.25, 0.3) is 22.7 Å². The van der Waals surface area contributed by atoms with Gasteiger partial charge in [-0.3, -0.25) is 14.5 Å². The number of oxazole rings is 1. The van der Waals surface area contributed by atoms with Gasteiger partial charge in [-0.2, -0.15) is 8.78 Å². The summed E-state index contributed by atoms with van der Waals surface area (Å²) in [4.78, 5) is 37.8. The first-order chi connectivity index (χ1) is 20.4. The topological polar surface area (TPSA) is 135 Å². The van der Waals surface area contributed by atoms with E-state index in [0.717, 1.165) is 5.56 Å². The van der Waals surface area contributed by atoms with Gasteiger partial charge in [0.25, 0.3) is 5.91 Å². The van der Waals surface area contributed by atoms with E-state index in [-0.39, 0.29) is 29.2 Å². The number of rotatable bonds is 7. The van der Waals surface area contributed by atoms with Crippen LogP contribution in [0.1, 0.15) is 41.4 Å². The number of carbonyl (C=O) groups excluding carboxylic acids is 2. The summed E-state index contributed by atoms with van der Waals surface area (Å²) in [5.41, 5.74) is 3.13. The number of fused-ring (bicyclic) bond motifs is 1. The lowest BCUT2D eigenvalue weighted by Gasteiger charge is -2.38. The van der Waals surface area contributed by atoms with E-state index in [4.69, 9.17) is 4.42 Å². The van der Waals surface area contributed by atoms with Gasteiger partial charge in [0.05, 0.1) is 6.04 Å². The predicted molar refractivity (Wildman–Crippen MR) is 146 cm³/mol. The maximum atomic E-state index is 13.4. The molecule has 14 heteroatoms. The Morgan fingerprint density at radius 2 is 1.74 bits per heavy atom. The van der Waals surface area contributed by atoms with Gasteiger partial charge in [-0.25, -0.2) is 9.97 Å². The van der Waals surface area contributed by atoms with Crippen LogP contribution >= 0.6 is 0 Å². The van der Waals surface area contributed by atoms with Gasteiger partial charge in [0.15, 0.2) is 11.4 Å². The number of carbonyl (C=O) groups is 2. The molecule has 3 aromatic heterocycles. The number of tetrazole rings is 1. The fourth-order valence-electron chi connectivity index (χ4n) is 4.92. The van der Waals surface area contributed by atoms with Crippen LogP contribution in [-0.2, 0) is 4.79 Å². The number of benzene rings is 2. The van der Waals surface area contributed by atoms with Gasteiger partial charge in [0.2, 0.25) is 11.8 Å². The minimum absolute atomic E-state index is 0.165. The third-order valence-corrected chi connectivity index (χ3v) is 6.84. The Kier molecular flexibility index (Phi) is 7.35. The highest BCUT2D eigenvalue weighted by molar-refractivity contribution is 5.93. The van der Waals surface area contributed by atoms with Crippen LogP contribution in [-0.4, -0.2) is 78.0 Å². The molecule has 0 bridgehead atoms. The number of aromatic nitrogens is 6. The second-order valence-corrected chi connectivity index (χ2v) is 9.68. The molecule has 0 saturated carbocycles. The molecule has 2 aromatic carbocycles. The molecule has 1 aliphatic heterocycles. The number of pyridine rings is 1. The van der Waals surface area contributed by atoms with Gasteiger partial charge in [0.1, 0.15) is 16.9 Å². The molecule has 6 rings (SSSR count). The van der Waals surface area contributed by atoms with Crippen LogP contribution in [0, 0.1) is 0 Å². The first-order valence-corrected chi connectivity index (χ1v) is 13.2. The average molecular weight is 574 g/mol. The predicted octanol–water partition coefficient (Wildman–Crippen LogP) is 3.78. The smallest absolute Gasteiger partial charge is 0.350 e. The number of anilines is 1. The average Bonchev–Trinajstić information content (AvgIpc) is 3.66. The number of nitrogens with one attached hydrogen (secondary N) is 1. The molecular weight excluding hydrogens is 548 g/mol. The second-order valence-electron chi connectivity index (χ2n) is 9.68. The molecule has 0 spiro atoms. The summed E-state index contributed by atoms with van der Waals surface area (Å²) < 4.78 is 32.1. The van der Waals surface area contributed by atoms with E-state index in [2.05, 4.69) is 30.7 Å². The zero-order valence-corrected chi connectivity index (χ0v) is 22.4. The molecule has 214 valence electrons. The first-order valence-electron chi connectivity index (χ1n) is 13.2. The van der Waals surface area contributed by atoms with Crippen molar-refractivity contribution in [2.24, 2.45) is 0 Å². The summed E-state index contributed by atoms with van der Waals surface area (Å²) in [6.45, 7) is 0.201. The molecule has 12 nitrogen and oxygen atoms in total. The summed E-state index contributed by atoms with van der Waals surface area (Å²) in [6, 6.07) is 19.0. The third kappa shape index (κ3) is 5.56. The number of hydrogen-bond acceptors (Lipinski definition) is 9. The molecule has 0 aliphatic carbocycles. The molecule has 0 radical (unpaired) electrons. The van der Waals surface area contributed by atoms with Crippen LogP contribution < -0.4 is 5.32 Å². The van der Waals surface area contributed by atoms with Crippen molar-refractivity contribution in [1.82, 2.24) is 40.0 Å². The highest BCUT2D eigenvalue weighted by Crippen LogP contribution is 2.29. The second kappa shape index (κ2) is 11.4. The molecule has 5 aromatic rings. The van der Waals surface area contributed by atoms with Gasteiger partial charge >= 0.3 is 6.55 Å². The minimum Gasteiger partial charge on any atom is -0.435 e. The molecular formula is C28H25F2N9O3. The summed E-state index contributed by atoms with van der Waals surface area (Å²) in [5, 5.41) is 14.0.